The number of aliphatic hydroxyl groups is 8. The van der Waals surface area contributed by atoms with E-state index in [1.807, 2.05) is 13.8 Å². The fourth-order valence-electron chi connectivity index (χ4n) is 2.48. The van der Waals surface area contributed by atoms with Gasteiger partial charge in [-0.15, -0.1) is 0 Å². The monoisotopic (exact) mass is 399 g/mol. The lowest BCUT2D eigenvalue weighted by Crippen LogP contribution is -2.51. The largest absolute Gasteiger partial charge is 0.394 e. The van der Waals surface area contributed by atoms with E-state index in [4.69, 9.17) is 14.9 Å². The lowest BCUT2D eigenvalue weighted by molar-refractivity contribution is -0.121. The predicted molar refractivity (Wildman–Crippen MR) is 97.0 cm³/mol. The molecule has 0 saturated carbocycles. The SMILES string of the molecule is CC(C)OCCN(C[C@@H](O)CC[C@@H](O)CO)C[C@@H](O)[C@H](O)[C@@H](O)[C@@H](O)CO. The van der Waals surface area contributed by atoms with Gasteiger partial charge in [0.15, 0.2) is 0 Å². The molecule has 0 fully saturated rings. The van der Waals surface area contributed by atoms with Crippen LogP contribution in [0, 0.1) is 0 Å². The molecule has 164 valence electrons. The van der Waals surface area contributed by atoms with Gasteiger partial charge in [-0.3, -0.25) is 4.90 Å². The highest BCUT2D eigenvalue weighted by molar-refractivity contribution is 4.83. The van der Waals surface area contributed by atoms with Crippen LogP contribution >= 0.6 is 0 Å². The Morgan fingerprint density at radius 3 is 1.81 bits per heavy atom. The molecule has 0 spiro atoms. The summed E-state index contributed by atoms with van der Waals surface area (Å²) in [5, 5.41) is 76.3. The van der Waals surface area contributed by atoms with E-state index < -0.39 is 49.8 Å². The molecule has 0 aliphatic carbocycles. The molecule has 0 rings (SSSR count). The third-order valence-corrected chi connectivity index (χ3v) is 4.14. The smallest absolute Gasteiger partial charge is 0.111 e. The maximum atomic E-state index is 10.1. The molecule has 0 aromatic carbocycles. The van der Waals surface area contributed by atoms with Crippen LogP contribution in [0.5, 0.6) is 0 Å². The van der Waals surface area contributed by atoms with Crippen molar-refractivity contribution >= 4 is 0 Å². The molecule has 10 heteroatoms. The third-order valence-electron chi connectivity index (χ3n) is 4.14. The van der Waals surface area contributed by atoms with Crippen LogP contribution in [0.4, 0.5) is 0 Å². The summed E-state index contributed by atoms with van der Waals surface area (Å²) in [6.45, 7) is 3.22. The third kappa shape index (κ3) is 11.9. The van der Waals surface area contributed by atoms with E-state index in [2.05, 4.69) is 0 Å². The Hall–Kier alpha value is -0.400. The Labute approximate surface area is 160 Å². The summed E-state index contributed by atoms with van der Waals surface area (Å²) < 4.78 is 5.45. The number of hydrogen-bond donors (Lipinski definition) is 8. The first kappa shape index (κ1) is 26.6. The number of ether oxygens (including phenoxy) is 1. The van der Waals surface area contributed by atoms with E-state index in [9.17, 15) is 30.6 Å². The lowest BCUT2D eigenvalue weighted by Gasteiger charge is -2.31. The number of aliphatic hydroxyl groups excluding tert-OH is 8. The van der Waals surface area contributed by atoms with Crippen molar-refractivity contribution in [2.75, 3.05) is 39.5 Å². The van der Waals surface area contributed by atoms with Gasteiger partial charge < -0.3 is 45.6 Å². The van der Waals surface area contributed by atoms with Crippen LogP contribution in [0.1, 0.15) is 26.7 Å². The first-order valence-corrected chi connectivity index (χ1v) is 9.26. The van der Waals surface area contributed by atoms with Gasteiger partial charge in [0.1, 0.15) is 18.3 Å². The summed E-state index contributed by atoms with van der Waals surface area (Å²) in [5.74, 6) is 0. The van der Waals surface area contributed by atoms with Crippen LogP contribution in [0.2, 0.25) is 0 Å². The minimum atomic E-state index is -1.72. The van der Waals surface area contributed by atoms with E-state index in [0.29, 0.717) is 13.2 Å². The highest BCUT2D eigenvalue weighted by Gasteiger charge is 2.31. The molecule has 8 N–H and O–H groups in total. The molecule has 0 aliphatic rings. The summed E-state index contributed by atoms with van der Waals surface area (Å²) in [6, 6.07) is 0. The first-order chi connectivity index (χ1) is 12.6. The van der Waals surface area contributed by atoms with Crippen LogP contribution in [0.25, 0.3) is 0 Å². The van der Waals surface area contributed by atoms with Gasteiger partial charge in [-0.1, -0.05) is 0 Å². The fourth-order valence-corrected chi connectivity index (χ4v) is 2.48. The van der Waals surface area contributed by atoms with Gasteiger partial charge in [-0.25, -0.2) is 0 Å². The summed E-state index contributed by atoms with van der Waals surface area (Å²) in [7, 11) is 0. The van der Waals surface area contributed by atoms with E-state index in [1.54, 1.807) is 4.90 Å². The Morgan fingerprint density at radius 1 is 0.741 bits per heavy atom. The normalized spacial score (nSPS) is 19.1. The Balaban J connectivity index is 4.72. The van der Waals surface area contributed by atoms with Crippen molar-refractivity contribution in [2.24, 2.45) is 0 Å². The second-order valence-electron chi connectivity index (χ2n) is 7.05. The lowest BCUT2D eigenvalue weighted by atomic mass is 10.0. The van der Waals surface area contributed by atoms with E-state index in [0.717, 1.165) is 0 Å². The summed E-state index contributed by atoms with van der Waals surface area (Å²) >= 11 is 0. The van der Waals surface area contributed by atoms with Crippen LogP contribution in [-0.2, 0) is 4.74 Å². The minimum absolute atomic E-state index is 0.00601. The first-order valence-electron chi connectivity index (χ1n) is 9.26. The van der Waals surface area contributed by atoms with Crippen molar-refractivity contribution in [3.63, 3.8) is 0 Å². The zero-order valence-corrected chi connectivity index (χ0v) is 16.1. The molecular weight excluding hydrogens is 362 g/mol. The molecule has 6 atom stereocenters. The van der Waals surface area contributed by atoms with Gasteiger partial charge in [0.2, 0.25) is 0 Å². The van der Waals surface area contributed by atoms with E-state index in [1.165, 1.54) is 0 Å². The highest BCUT2D eigenvalue weighted by Crippen LogP contribution is 2.09. The quantitative estimate of drug-likeness (QED) is 0.131. The van der Waals surface area contributed by atoms with E-state index in [-0.39, 0.29) is 32.0 Å². The molecule has 0 amide bonds. The molecule has 0 aromatic rings. The van der Waals surface area contributed by atoms with E-state index >= 15 is 0 Å². The Kier molecular flexibility index (Phi) is 14.4. The van der Waals surface area contributed by atoms with Crippen molar-refractivity contribution in [1.29, 1.82) is 0 Å². The molecular formula is C17H37NO9. The standard InChI is InChI=1S/C17H37NO9/c1-11(2)27-6-5-18(7-12(21)3-4-13(22)9-19)8-14(23)16(25)17(26)15(24)10-20/h11-17,19-26H,3-10H2,1-2H3/t12-,13+,14+,15-,16-,17-/m0/s1. The van der Waals surface area contributed by atoms with Crippen molar-refractivity contribution < 1.29 is 45.6 Å². The molecule has 0 saturated heterocycles. The zero-order valence-electron chi connectivity index (χ0n) is 16.1. The number of nitrogens with zero attached hydrogens (tertiary/aromatic N) is 1. The highest BCUT2D eigenvalue weighted by atomic mass is 16.5. The van der Waals surface area contributed by atoms with Crippen LogP contribution in [0.15, 0.2) is 0 Å². The van der Waals surface area contributed by atoms with Crippen molar-refractivity contribution in [3.05, 3.63) is 0 Å². The average Bonchev–Trinajstić information content (AvgIpc) is 2.63. The molecule has 27 heavy (non-hydrogen) atoms. The molecule has 0 heterocycles. The van der Waals surface area contributed by atoms with Crippen LogP contribution < -0.4 is 0 Å². The van der Waals surface area contributed by atoms with Crippen molar-refractivity contribution in [2.45, 2.75) is 69.4 Å². The zero-order chi connectivity index (χ0) is 21.0. The fraction of sp³-hybridized carbons (Fsp3) is 1.00. The topological polar surface area (TPSA) is 174 Å². The maximum Gasteiger partial charge on any atom is 0.111 e. The number of rotatable bonds is 16. The molecule has 0 unspecified atom stereocenters. The summed E-state index contributed by atoms with van der Waals surface area (Å²) in [6.07, 6.45) is -7.75. The summed E-state index contributed by atoms with van der Waals surface area (Å²) in [4.78, 5) is 1.63. The maximum absolute atomic E-state index is 10.1. The molecule has 10 nitrogen and oxygen atoms in total. The molecule has 0 bridgehead atoms. The van der Waals surface area contributed by atoms with Crippen molar-refractivity contribution in [3.8, 4) is 0 Å². The van der Waals surface area contributed by atoms with Gasteiger partial charge in [0.25, 0.3) is 0 Å². The summed E-state index contributed by atoms with van der Waals surface area (Å²) in [5.41, 5.74) is 0. The van der Waals surface area contributed by atoms with Gasteiger partial charge in [-0.05, 0) is 26.7 Å². The van der Waals surface area contributed by atoms with Gasteiger partial charge >= 0.3 is 0 Å². The molecule has 0 aromatic heterocycles. The van der Waals surface area contributed by atoms with Crippen LogP contribution in [0.3, 0.4) is 0 Å². The van der Waals surface area contributed by atoms with Gasteiger partial charge in [0.05, 0.1) is 44.2 Å². The molecule has 0 radical (unpaired) electrons. The second kappa shape index (κ2) is 14.6. The Morgan fingerprint density at radius 2 is 1.30 bits per heavy atom. The van der Waals surface area contributed by atoms with Gasteiger partial charge in [-0.2, -0.15) is 0 Å². The second-order valence-corrected chi connectivity index (χ2v) is 7.05. The predicted octanol–water partition coefficient (Wildman–Crippen LogP) is -3.36. The number of hydrogen-bond acceptors (Lipinski definition) is 10. The Bertz CT molecular complexity index is 361. The molecule has 0 aliphatic heterocycles. The van der Waals surface area contributed by atoms with Crippen LogP contribution in [-0.4, -0.2) is 128 Å². The van der Waals surface area contributed by atoms with Gasteiger partial charge in [0, 0.05) is 19.6 Å². The average molecular weight is 399 g/mol. The minimum Gasteiger partial charge on any atom is -0.394 e. The van der Waals surface area contributed by atoms with Crippen molar-refractivity contribution in [1.82, 2.24) is 4.90 Å².